The van der Waals surface area contributed by atoms with Crippen LogP contribution in [-0.2, 0) is 0 Å². The number of aryl methyl sites for hydroxylation is 1. The minimum atomic E-state index is 0.958. The molecule has 3 heteroatoms. The van der Waals surface area contributed by atoms with Crippen LogP contribution in [0, 0.1) is 6.92 Å². The molecule has 0 saturated carbocycles. The number of aromatic nitrogens is 2. The third-order valence-electron chi connectivity index (χ3n) is 4.05. The van der Waals surface area contributed by atoms with E-state index < -0.39 is 0 Å². The molecule has 116 valence electrons. The molecule has 0 radical (unpaired) electrons. The second kappa shape index (κ2) is 6.17. The van der Waals surface area contributed by atoms with Gasteiger partial charge in [0, 0.05) is 27.2 Å². The van der Waals surface area contributed by atoms with Crippen molar-refractivity contribution in [3.05, 3.63) is 83.0 Å². The van der Waals surface area contributed by atoms with E-state index in [2.05, 4.69) is 64.2 Å². The first-order valence-electron chi connectivity index (χ1n) is 7.79. The molecule has 24 heavy (non-hydrogen) atoms. The van der Waals surface area contributed by atoms with Crippen LogP contribution in [0.2, 0.25) is 0 Å². The first-order chi connectivity index (χ1) is 11.7. The highest BCUT2D eigenvalue weighted by Crippen LogP contribution is 2.31. The summed E-state index contributed by atoms with van der Waals surface area (Å²) in [5.74, 6) is 0. The third-order valence-corrected chi connectivity index (χ3v) is 4.58. The van der Waals surface area contributed by atoms with E-state index in [1.165, 1.54) is 5.56 Å². The molecule has 4 aromatic rings. The van der Waals surface area contributed by atoms with Crippen molar-refractivity contribution in [3.8, 4) is 22.5 Å². The maximum Gasteiger partial charge on any atom is 0.0716 e. The summed E-state index contributed by atoms with van der Waals surface area (Å²) >= 11 is 3.49. The number of nitrogens with zero attached hydrogens (tertiary/aromatic N) is 2. The molecule has 0 spiro atoms. The van der Waals surface area contributed by atoms with Crippen molar-refractivity contribution < 1.29 is 0 Å². The normalized spacial score (nSPS) is 10.9. The number of halogens is 1. The van der Waals surface area contributed by atoms with Crippen LogP contribution >= 0.6 is 15.9 Å². The number of pyridine rings is 2. The summed E-state index contributed by atoms with van der Waals surface area (Å²) in [7, 11) is 0. The van der Waals surface area contributed by atoms with Gasteiger partial charge >= 0.3 is 0 Å². The van der Waals surface area contributed by atoms with Gasteiger partial charge in [0.05, 0.1) is 16.9 Å². The standard InChI is InChI=1S/C21H15BrN2/c1-14-10-11-23-21(12-14)18-13-20(15-6-8-16(22)9-7-15)24-19-5-3-2-4-17(18)19/h2-13H,1H3. The largest absolute Gasteiger partial charge is 0.256 e. The lowest BCUT2D eigenvalue weighted by Crippen LogP contribution is -1.91. The number of benzene rings is 2. The zero-order valence-electron chi connectivity index (χ0n) is 13.2. The number of fused-ring (bicyclic) bond motifs is 1. The van der Waals surface area contributed by atoms with E-state index in [4.69, 9.17) is 4.98 Å². The van der Waals surface area contributed by atoms with Crippen LogP contribution in [0.1, 0.15) is 5.56 Å². The quantitative estimate of drug-likeness (QED) is 0.427. The lowest BCUT2D eigenvalue weighted by Gasteiger charge is -2.10. The number of para-hydroxylation sites is 1. The molecule has 0 unspecified atom stereocenters. The van der Waals surface area contributed by atoms with Gasteiger partial charge in [-0.25, -0.2) is 4.98 Å². The molecular weight excluding hydrogens is 360 g/mol. The molecule has 0 fully saturated rings. The van der Waals surface area contributed by atoms with Crippen molar-refractivity contribution >= 4 is 26.8 Å². The lowest BCUT2D eigenvalue weighted by atomic mass is 10.0. The monoisotopic (exact) mass is 374 g/mol. The average molecular weight is 375 g/mol. The SMILES string of the molecule is Cc1ccnc(-c2cc(-c3ccc(Br)cc3)nc3ccccc23)c1. The molecule has 2 aromatic carbocycles. The Labute approximate surface area is 149 Å². The molecule has 0 aliphatic heterocycles. The third kappa shape index (κ3) is 2.83. The van der Waals surface area contributed by atoms with Crippen LogP contribution < -0.4 is 0 Å². The molecule has 2 aromatic heterocycles. The zero-order valence-corrected chi connectivity index (χ0v) is 14.8. The highest BCUT2D eigenvalue weighted by Gasteiger charge is 2.10. The predicted octanol–water partition coefficient (Wildman–Crippen LogP) is 6.03. The summed E-state index contributed by atoms with van der Waals surface area (Å²) in [5, 5.41) is 1.12. The van der Waals surface area contributed by atoms with Crippen LogP contribution in [-0.4, -0.2) is 9.97 Å². The van der Waals surface area contributed by atoms with E-state index in [1.807, 2.05) is 36.5 Å². The Balaban J connectivity index is 1.99. The summed E-state index contributed by atoms with van der Waals surface area (Å²) < 4.78 is 1.06. The van der Waals surface area contributed by atoms with Gasteiger partial charge in [0.1, 0.15) is 0 Å². The fourth-order valence-electron chi connectivity index (χ4n) is 2.84. The van der Waals surface area contributed by atoms with Gasteiger partial charge < -0.3 is 0 Å². The van der Waals surface area contributed by atoms with Crippen LogP contribution in [0.4, 0.5) is 0 Å². The van der Waals surface area contributed by atoms with E-state index in [1.54, 1.807) is 0 Å². The molecule has 0 bridgehead atoms. The van der Waals surface area contributed by atoms with Crippen LogP contribution in [0.15, 0.2) is 77.4 Å². The van der Waals surface area contributed by atoms with Gasteiger partial charge in [-0.3, -0.25) is 4.98 Å². The Bertz CT molecular complexity index is 1020. The van der Waals surface area contributed by atoms with E-state index in [9.17, 15) is 0 Å². The molecular formula is C21H15BrN2. The van der Waals surface area contributed by atoms with Crippen molar-refractivity contribution in [2.75, 3.05) is 0 Å². The van der Waals surface area contributed by atoms with Crippen LogP contribution in [0.25, 0.3) is 33.4 Å². The Morgan fingerprint density at radius 2 is 1.62 bits per heavy atom. The second-order valence-corrected chi connectivity index (χ2v) is 6.71. The van der Waals surface area contributed by atoms with Crippen molar-refractivity contribution in [1.29, 1.82) is 0 Å². The zero-order chi connectivity index (χ0) is 16.5. The molecule has 4 rings (SSSR count). The molecule has 0 aliphatic rings. The molecule has 0 atom stereocenters. The second-order valence-electron chi connectivity index (χ2n) is 5.80. The van der Waals surface area contributed by atoms with E-state index in [-0.39, 0.29) is 0 Å². The van der Waals surface area contributed by atoms with Gasteiger partial charge in [-0.05, 0) is 48.9 Å². The van der Waals surface area contributed by atoms with Crippen molar-refractivity contribution in [3.63, 3.8) is 0 Å². The number of hydrogen-bond donors (Lipinski definition) is 0. The number of rotatable bonds is 2. The maximum atomic E-state index is 4.84. The van der Waals surface area contributed by atoms with Gasteiger partial charge in [-0.15, -0.1) is 0 Å². The maximum absolute atomic E-state index is 4.84. The van der Waals surface area contributed by atoms with Crippen LogP contribution in [0.5, 0.6) is 0 Å². The molecule has 0 amide bonds. The van der Waals surface area contributed by atoms with Crippen molar-refractivity contribution in [1.82, 2.24) is 9.97 Å². The minimum absolute atomic E-state index is 0.958. The van der Waals surface area contributed by atoms with Gasteiger partial charge in [0.15, 0.2) is 0 Å². The fourth-order valence-corrected chi connectivity index (χ4v) is 3.10. The Hall–Kier alpha value is -2.52. The summed E-state index contributed by atoms with van der Waals surface area (Å²) in [5.41, 5.74) is 6.33. The smallest absolute Gasteiger partial charge is 0.0716 e. The summed E-state index contributed by atoms with van der Waals surface area (Å²) in [4.78, 5) is 9.41. The minimum Gasteiger partial charge on any atom is -0.256 e. The van der Waals surface area contributed by atoms with Gasteiger partial charge in [0.25, 0.3) is 0 Å². The van der Waals surface area contributed by atoms with Crippen molar-refractivity contribution in [2.24, 2.45) is 0 Å². The molecule has 0 saturated heterocycles. The number of hydrogen-bond acceptors (Lipinski definition) is 2. The van der Waals surface area contributed by atoms with Crippen molar-refractivity contribution in [2.45, 2.75) is 6.92 Å². The van der Waals surface area contributed by atoms with Gasteiger partial charge in [0.2, 0.25) is 0 Å². The predicted molar refractivity (Wildman–Crippen MR) is 103 cm³/mol. The molecule has 0 aliphatic carbocycles. The average Bonchev–Trinajstić information content (AvgIpc) is 2.61. The highest BCUT2D eigenvalue weighted by atomic mass is 79.9. The Morgan fingerprint density at radius 1 is 0.833 bits per heavy atom. The first kappa shape index (κ1) is 15.0. The highest BCUT2D eigenvalue weighted by molar-refractivity contribution is 9.10. The van der Waals surface area contributed by atoms with E-state index in [0.717, 1.165) is 37.9 Å². The van der Waals surface area contributed by atoms with Crippen LogP contribution in [0.3, 0.4) is 0 Å². The topological polar surface area (TPSA) is 25.8 Å². The Kier molecular flexibility index (Phi) is 3.87. The molecule has 2 heterocycles. The van der Waals surface area contributed by atoms with E-state index in [0.29, 0.717) is 0 Å². The fraction of sp³-hybridized carbons (Fsp3) is 0.0476. The summed E-state index contributed by atoms with van der Waals surface area (Å²) in [6, 6.07) is 22.7. The van der Waals surface area contributed by atoms with Gasteiger partial charge in [-0.1, -0.05) is 46.3 Å². The first-order valence-corrected chi connectivity index (χ1v) is 8.59. The lowest BCUT2D eigenvalue weighted by molar-refractivity contribution is 1.28. The summed E-state index contributed by atoms with van der Waals surface area (Å²) in [6.07, 6.45) is 1.86. The summed E-state index contributed by atoms with van der Waals surface area (Å²) in [6.45, 7) is 2.09. The molecule has 2 nitrogen and oxygen atoms in total. The molecule has 0 N–H and O–H groups in total. The Morgan fingerprint density at radius 3 is 2.42 bits per heavy atom. The van der Waals surface area contributed by atoms with E-state index >= 15 is 0 Å². The van der Waals surface area contributed by atoms with Gasteiger partial charge in [-0.2, -0.15) is 0 Å².